The Balaban J connectivity index is 2.11. The molecule has 1 N–H and O–H groups in total. The summed E-state index contributed by atoms with van der Waals surface area (Å²) in [6, 6.07) is 12.5. The Morgan fingerprint density at radius 2 is 1.94 bits per heavy atom. The summed E-state index contributed by atoms with van der Waals surface area (Å²) in [5.74, 6) is 1.50. The average Bonchev–Trinajstić information content (AvgIpc) is 3.27. The highest BCUT2D eigenvalue weighted by Crippen LogP contribution is 2.25. The number of carbonyl (C=O) groups excluding carboxylic acids is 1. The van der Waals surface area contributed by atoms with Crippen molar-refractivity contribution in [3.63, 3.8) is 0 Å². The van der Waals surface area contributed by atoms with Gasteiger partial charge in [-0.1, -0.05) is 5.16 Å². The Hall–Kier alpha value is -3.50. The van der Waals surface area contributed by atoms with Crippen LogP contribution in [0.2, 0.25) is 0 Å². The number of methoxy groups -OCH3 is 2. The first-order valence-electron chi connectivity index (χ1n) is 9.47. The van der Waals surface area contributed by atoms with Crippen LogP contribution in [0.5, 0.6) is 5.75 Å². The molecule has 1 amide bonds. The first-order chi connectivity index (χ1) is 15.5. The van der Waals surface area contributed by atoms with E-state index in [0.717, 1.165) is 5.56 Å². The summed E-state index contributed by atoms with van der Waals surface area (Å²) < 4.78 is 15.1. The summed E-state index contributed by atoms with van der Waals surface area (Å²) in [5, 5.41) is 13.9. The van der Waals surface area contributed by atoms with E-state index in [-0.39, 0.29) is 6.61 Å². The van der Waals surface area contributed by atoms with Crippen LogP contribution < -0.4 is 4.74 Å². The molecule has 1 heterocycles. The minimum Gasteiger partial charge on any atom is -0.497 e. The zero-order chi connectivity index (χ0) is 23.1. The third kappa shape index (κ3) is 5.59. The lowest BCUT2D eigenvalue weighted by Gasteiger charge is -2.12. The molecule has 0 saturated carbocycles. The molecule has 0 unspecified atom stereocenters. The lowest BCUT2D eigenvalue weighted by Crippen LogP contribution is -2.15. The van der Waals surface area contributed by atoms with Gasteiger partial charge in [0, 0.05) is 18.1 Å². The van der Waals surface area contributed by atoms with Crippen molar-refractivity contribution in [1.29, 1.82) is 0 Å². The maximum absolute atomic E-state index is 11.9. The summed E-state index contributed by atoms with van der Waals surface area (Å²) in [6.45, 7) is 1.54. The van der Waals surface area contributed by atoms with E-state index in [1.165, 1.54) is 26.0 Å². The van der Waals surface area contributed by atoms with Gasteiger partial charge < -0.3 is 19.1 Å². The second kappa shape index (κ2) is 10.7. The molecule has 32 heavy (non-hydrogen) atoms. The topological polar surface area (TPSA) is 119 Å². The summed E-state index contributed by atoms with van der Waals surface area (Å²) in [6.07, 6.45) is 1.04. The molecule has 0 aliphatic carbocycles. The fourth-order valence-electron chi connectivity index (χ4n) is 2.80. The number of aryl methyl sites for hydroxylation is 1. The average molecular weight is 455 g/mol. The van der Waals surface area contributed by atoms with Crippen molar-refractivity contribution in [2.45, 2.75) is 13.5 Å². The van der Waals surface area contributed by atoms with Crippen molar-refractivity contribution in [2.24, 2.45) is 9.98 Å². The lowest BCUT2D eigenvalue weighted by atomic mass is 10.1. The Morgan fingerprint density at radius 1 is 1.19 bits per heavy atom. The molecule has 0 fully saturated rings. The minimum absolute atomic E-state index is 0.182. The van der Waals surface area contributed by atoms with E-state index in [0.29, 0.717) is 45.0 Å². The first-order valence-corrected chi connectivity index (χ1v) is 10.7. The van der Waals surface area contributed by atoms with Crippen molar-refractivity contribution in [3.8, 4) is 17.1 Å². The number of amides is 1. The van der Waals surface area contributed by atoms with E-state index < -0.39 is 6.09 Å². The van der Waals surface area contributed by atoms with Crippen molar-refractivity contribution < 1.29 is 23.9 Å². The van der Waals surface area contributed by atoms with Gasteiger partial charge >= 0.3 is 6.09 Å². The molecular weight excluding hydrogens is 432 g/mol. The number of aromatic nitrogens is 2. The fourth-order valence-corrected chi connectivity index (χ4v) is 3.32. The number of rotatable bonds is 6. The number of thioether (sulfide) groups is 1. The lowest BCUT2D eigenvalue weighted by molar-refractivity contribution is 0.183. The molecule has 3 rings (SSSR count). The van der Waals surface area contributed by atoms with Gasteiger partial charge in [-0.05, 0) is 54.3 Å². The van der Waals surface area contributed by atoms with E-state index in [9.17, 15) is 9.90 Å². The first kappa shape index (κ1) is 23.2. The largest absolute Gasteiger partial charge is 0.497 e. The third-order valence-electron chi connectivity index (χ3n) is 4.32. The van der Waals surface area contributed by atoms with E-state index in [4.69, 9.17) is 19.0 Å². The van der Waals surface area contributed by atoms with Crippen molar-refractivity contribution in [2.75, 3.05) is 20.5 Å². The van der Waals surface area contributed by atoms with Crippen molar-refractivity contribution >= 4 is 34.3 Å². The molecule has 2 aromatic carbocycles. The highest BCUT2D eigenvalue weighted by Gasteiger charge is 2.16. The van der Waals surface area contributed by atoms with Gasteiger partial charge in [0.15, 0.2) is 0 Å². The van der Waals surface area contributed by atoms with E-state index >= 15 is 0 Å². The molecule has 10 heteroatoms. The Bertz CT molecular complexity index is 1130. The van der Waals surface area contributed by atoms with Crippen LogP contribution in [0.1, 0.15) is 17.0 Å². The normalized spacial score (nSPS) is 12.0. The molecule has 0 aliphatic heterocycles. The number of nitrogens with zero attached hydrogens (tertiary/aromatic N) is 4. The zero-order valence-electron chi connectivity index (χ0n) is 18.0. The van der Waals surface area contributed by atoms with Crippen LogP contribution in [0.3, 0.4) is 0 Å². The van der Waals surface area contributed by atoms with Crippen LogP contribution >= 0.6 is 11.8 Å². The third-order valence-corrected chi connectivity index (χ3v) is 4.99. The van der Waals surface area contributed by atoms with Gasteiger partial charge in [0.1, 0.15) is 16.5 Å². The molecule has 0 aliphatic rings. The molecule has 0 radical (unpaired) electrons. The number of carbonyl (C=O) groups is 1. The summed E-state index contributed by atoms with van der Waals surface area (Å²) in [7, 11) is 2.79. The van der Waals surface area contributed by atoms with E-state index in [2.05, 4.69) is 15.1 Å². The van der Waals surface area contributed by atoms with Crippen molar-refractivity contribution in [3.05, 3.63) is 59.5 Å². The summed E-state index contributed by atoms with van der Waals surface area (Å²) in [5.41, 5.74) is 3.08. The number of benzene rings is 2. The number of aliphatic hydroxyl groups is 1. The van der Waals surface area contributed by atoms with Crippen LogP contribution in [-0.2, 0) is 11.3 Å². The minimum atomic E-state index is -0.741. The number of hydrogen-bond donors (Lipinski definition) is 1. The molecular formula is C22H22N4O5S. The fraction of sp³-hybridized carbons (Fsp3) is 0.227. The maximum atomic E-state index is 11.9. The van der Waals surface area contributed by atoms with Gasteiger partial charge in [0.05, 0.1) is 26.5 Å². The highest BCUT2D eigenvalue weighted by molar-refractivity contribution is 8.15. The molecule has 0 bridgehead atoms. The SMILES string of the molecule is COC(=O)/N=C(SC)/C(=N\c1ccc(-c2noc(C)n2)cc1)c1cc(CO)cc(OC)c1. The molecule has 0 spiro atoms. The van der Waals surface area contributed by atoms with Crippen LogP contribution in [0.25, 0.3) is 11.4 Å². The van der Waals surface area contributed by atoms with Gasteiger partial charge in [0.2, 0.25) is 11.7 Å². The maximum Gasteiger partial charge on any atom is 0.434 e. The van der Waals surface area contributed by atoms with Gasteiger partial charge in [-0.25, -0.2) is 9.79 Å². The summed E-state index contributed by atoms with van der Waals surface area (Å²) in [4.78, 5) is 24.8. The Labute approximate surface area is 189 Å². The van der Waals surface area contributed by atoms with Crippen LogP contribution in [0.15, 0.2) is 57.0 Å². The van der Waals surface area contributed by atoms with E-state index in [1.54, 1.807) is 43.5 Å². The molecule has 3 aromatic rings. The monoisotopic (exact) mass is 454 g/mol. The summed E-state index contributed by atoms with van der Waals surface area (Å²) >= 11 is 1.25. The van der Waals surface area contributed by atoms with Gasteiger partial charge in [-0.2, -0.15) is 9.98 Å². The molecule has 0 saturated heterocycles. The van der Waals surface area contributed by atoms with Crippen LogP contribution in [-0.4, -0.2) is 52.6 Å². The van der Waals surface area contributed by atoms with E-state index in [1.807, 2.05) is 12.1 Å². The van der Waals surface area contributed by atoms with Crippen LogP contribution in [0.4, 0.5) is 10.5 Å². The van der Waals surface area contributed by atoms with Crippen molar-refractivity contribution in [1.82, 2.24) is 10.1 Å². The number of aliphatic imine (C=N–C) groups is 2. The quantitative estimate of drug-likeness (QED) is 0.435. The second-order valence-corrected chi connectivity index (χ2v) is 7.26. The second-order valence-electron chi connectivity index (χ2n) is 6.46. The Morgan fingerprint density at radius 3 is 2.50 bits per heavy atom. The standard InChI is InChI=1S/C22H22N4O5S/c1-13-23-20(26-31-13)15-5-7-17(8-6-15)24-19(21(32-4)25-22(28)30-3)16-9-14(12-27)10-18(11-16)29-2/h5-11,27H,12H2,1-4H3/b24-19-,25-21-. The predicted molar refractivity (Wildman–Crippen MR) is 123 cm³/mol. The molecule has 1 aromatic heterocycles. The van der Waals surface area contributed by atoms with Crippen LogP contribution in [0, 0.1) is 6.92 Å². The van der Waals surface area contributed by atoms with Gasteiger partial charge in [-0.3, -0.25) is 0 Å². The number of aliphatic hydroxyl groups excluding tert-OH is 1. The Kier molecular flexibility index (Phi) is 7.74. The highest BCUT2D eigenvalue weighted by atomic mass is 32.2. The molecule has 0 atom stereocenters. The van der Waals surface area contributed by atoms with Gasteiger partial charge in [0.25, 0.3) is 0 Å². The predicted octanol–water partition coefficient (Wildman–Crippen LogP) is 4.19. The molecule has 9 nitrogen and oxygen atoms in total. The number of ether oxygens (including phenoxy) is 2. The zero-order valence-corrected chi connectivity index (χ0v) is 18.8. The molecule has 166 valence electrons. The van der Waals surface area contributed by atoms with Gasteiger partial charge in [-0.15, -0.1) is 11.8 Å². The smallest absolute Gasteiger partial charge is 0.434 e. The number of hydrogen-bond acceptors (Lipinski definition) is 9.